The van der Waals surface area contributed by atoms with Crippen molar-refractivity contribution in [3.05, 3.63) is 39.8 Å². The van der Waals surface area contributed by atoms with Crippen molar-refractivity contribution in [2.75, 3.05) is 12.4 Å². The van der Waals surface area contributed by atoms with Crippen LogP contribution in [0.3, 0.4) is 0 Å². The van der Waals surface area contributed by atoms with Crippen molar-refractivity contribution in [2.45, 2.75) is 24.8 Å². The van der Waals surface area contributed by atoms with Crippen LogP contribution in [-0.4, -0.2) is 30.7 Å². The van der Waals surface area contributed by atoms with Crippen molar-refractivity contribution in [1.29, 1.82) is 0 Å². The molecule has 2 heterocycles. The molecule has 2 aromatic rings. The van der Waals surface area contributed by atoms with Gasteiger partial charge < -0.3 is 5.32 Å². The van der Waals surface area contributed by atoms with Gasteiger partial charge in [-0.05, 0) is 30.7 Å². The number of carbonyl (C=O) groups is 1. The number of nitrogens with one attached hydrogen (secondary N) is 1. The first-order valence-corrected chi connectivity index (χ1v) is 8.98. The Kier molecular flexibility index (Phi) is 3.75. The number of thiazole rings is 1. The minimum atomic E-state index is -3.61. The van der Waals surface area contributed by atoms with Gasteiger partial charge in [0.1, 0.15) is 0 Å². The molecule has 0 fully saturated rings. The molecular weight excluding hydrogens is 322 g/mol. The lowest BCUT2D eigenvalue weighted by Crippen LogP contribution is -2.26. The summed E-state index contributed by atoms with van der Waals surface area (Å²) >= 11 is 1.49. The summed E-state index contributed by atoms with van der Waals surface area (Å²) in [7, 11) is -2.08. The molecule has 0 saturated heterocycles. The molecular formula is C14H15N3O3S2. The number of aromatic nitrogens is 1. The minimum absolute atomic E-state index is 0.115. The maximum atomic E-state index is 12.6. The molecule has 1 amide bonds. The van der Waals surface area contributed by atoms with Crippen LogP contribution in [-0.2, 0) is 27.8 Å². The lowest BCUT2D eigenvalue weighted by molar-refractivity contribution is -0.115. The largest absolute Gasteiger partial charge is 0.326 e. The average molecular weight is 337 g/mol. The van der Waals surface area contributed by atoms with Crippen LogP contribution in [0, 0.1) is 6.92 Å². The highest BCUT2D eigenvalue weighted by Gasteiger charge is 2.25. The predicted molar refractivity (Wildman–Crippen MR) is 84.3 cm³/mol. The van der Waals surface area contributed by atoms with Crippen LogP contribution >= 0.6 is 11.3 Å². The van der Waals surface area contributed by atoms with E-state index in [0.29, 0.717) is 11.3 Å². The Labute approximate surface area is 132 Å². The molecule has 0 radical (unpaired) electrons. The molecule has 6 nitrogen and oxygen atoms in total. The Morgan fingerprint density at radius 1 is 1.41 bits per heavy atom. The monoisotopic (exact) mass is 337 g/mol. The van der Waals surface area contributed by atoms with Crippen LogP contribution in [0.2, 0.25) is 0 Å². The third-order valence-electron chi connectivity index (χ3n) is 3.46. The predicted octanol–water partition coefficient (Wildman–Crippen LogP) is 1.77. The van der Waals surface area contributed by atoms with E-state index >= 15 is 0 Å². The van der Waals surface area contributed by atoms with E-state index in [0.717, 1.165) is 10.7 Å². The van der Waals surface area contributed by atoms with Gasteiger partial charge in [-0.3, -0.25) is 4.79 Å². The third kappa shape index (κ3) is 2.77. The topological polar surface area (TPSA) is 79.4 Å². The van der Waals surface area contributed by atoms with Crippen molar-refractivity contribution in [3.63, 3.8) is 0 Å². The Hall–Kier alpha value is -1.77. The molecule has 1 aliphatic heterocycles. The van der Waals surface area contributed by atoms with Crippen molar-refractivity contribution >= 4 is 33.0 Å². The Morgan fingerprint density at radius 2 is 2.18 bits per heavy atom. The van der Waals surface area contributed by atoms with Crippen LogP contribution < -0.4 is 5.32 Å². The molecule has 1 aromatic heterocycles. The van der Waals surface area contributed by atoms with Gasteiger partial charge in [0.05, 0.1) is 28.6 Å². The van der Waals surface area contributed by atoms with Crippen LogP contribution in [0.25, 0.3) is 0 Å². The number of hydrogen-bond acceptors (Lipinski definition) is 5. The van der Waals surface area contributed by atoms with Gasteiger partial charge in [0.25, 0.3) is 0 Å². The van der Waals surface area contributed by atoms with Crippen molar-refractivity contribution < 1.29 is 13.2 Å². The second-order valence-corrected chi connectivity index (χ2v) is 8.27. The zero-order valence-corrected chi connectivity index (χ0v) is 13.8. The fourth-order valence-electron chi connectivity index (χ4n) is 2.34. The number of aryl methyl sites for hydroxylation is 1. The number of rotatable bonds is 4. The summed E-state index contributed by atoms with van der Waals surface area (Å²) < 4.78 is 26.5. The van der Waals surface area contributed by atoms with Gasteiger partial charge >= 0.3 is 0 Å². The standard InChI is InChI=1S/C14H15N3O3S2/c1-9-15-11(8-21-9)7-17(2)22(19,20)12-3-4-13-10(5-12)6-14(18)16-13/h3-5,8H,6-7H2,1-2H3,(H,16,18). The third-order valence-corrected chi connectivity index (χ3v) is 6.08. The summed E-state index contributed by atoms with van der Waals surface area (Å²) in [6, 6.07) is 4.71. The first kappa shape index (κ1) is 15.1. The van der Waals surface area contributed by atoms with Gasteiger partial charge in [-0.2, -0.15) is 4.31 Å². The SMILES string of the molecule is Cc1nc(CN(C)S(=O)(=O)c2ccc3c(c2)CC(=O)N3)cs1. The number of benzene rings is 1. The fraction of sp³-hybridized carbons (Fsp3) is 0.286. The van der Waals surface area contributed by atoms with Crippen molar-refractivity contribution in [3.8, 4) is 0 Å². The number of carbonyl (C=O) groups excluding carboxylic acids is 1. The van der Waals surface area contributed by atoms with E-state index in [2.05, 4.69) is 10.3 Å². The van der Waals surface area contributed by atoms with Crippen LogP contribution in [0.1, 0.15) is 16.3 Å². The fourth-order valence-corrected chi connectivity index (χ4v) is 4.14. The number of hydrogen-bond donors (Lipinski definition) is 1. The number of fused-ring (bicyclic) bond motifs is 1. The number of amides is 1. The number of sulfonamides is 1. The van der Waals surface area contributed by atoms with Gasteiger partial charge in [0.2, 0.25) is 15.9 Å². The molecule has 0 spiro atoms. The lowest BCUT2D eigenvalue weighted by atomic mass is 10.2. The normalized spacial score (nSPS) is 14.2. The average Bonchev–Trinajstić information content (AvgIpc) is 3.02. The highest BCUT2D eigenvalue weighted by molar-refractivity contribution is 7.89. The van der Waals surface area contributed by atoms with Gasteiger partial charge in [0, 0.05) is 18.1 Å². The zero-order valence-electron chi connectivity index (χ0n) is 12.2. The zero-order chi connectivity index (χ0) is 15.9. The lowest BCUT2D eigenvalue weighted by Gasteiger charge is -2.16. The maximum Gasteiger partial charge on any atom is 0.243 e. The Morgan fingerprint density at radius 3 is 2.86 bits per heavy atom. The molecule has 0 bridgehead atoms. The van der Waals surface area contributed by atoms with E-state index in [-0.39, 0.29) is 23.8 Å². The summed E-state index contributed by atoms with van der Waals surface area (Å²) in [5, 5.41) is 5.45. The first-order valence-electron chi connectivity index (χ1n) is 6.66. The van der Waals surface area contributed by atoms with Crippen molar-refractivity contribution in [2.24, 2.45) is 0 Å². The molecule has 0 atom stereocenters. The molecule has 1 aliphatic rings. The molecule has 1 aromatic carbocycles. The molecule has 0 saturated carbocycles. The molecule has 22 heavy (non-hydrogen) atoms. The van der Waals surface area contributed by atoms with Crippen LogP contribution in [0.15, 0.2) is 28.5 Å². The summed E-state index contributed by atoms with van der Waals surface area (Å²) in [5.74, 6) is -0.115. The summed E-state index contributed by atoms with van der Waals surface area (Å²) in [5.41, 5.74) is 2.12. The quantitative estimate of drug-likeness (QED) is 0.922. The van der Waals surface area contributed by atoms with E-state index in [1.807, 2.05) is 12.3 Å². The second kappa shape index (κ2) is 5.45. The van der Waals surface area contributed by atoms with Gasteiger partial charge in [0.15, 0.2) is 0 Å². The van der Waals surface area contributed by atoms with E-state index in [4.69, 9.17) is 0 Å². The molecule has 3 rings (SSSR count). The highest BCUT2D eigenvalue weighted by atomic mass is 32.2. The highest BCUT2D eigenvalue weighted by Crippen LogP contribution is 2.27. The smallest absolute Gasteiger partial charge is 0.243 e. The van der Waals surface area contributed by atoms with E-state index in [1.54, 1.807) is 12.1 Å². The summed E-state index contributed by atoms with van der Waals surface area (Å²) in [6.07, 6.45) is 0.216. The molecule has 1 N–H and O–H groups in total. The van der Waals surface area contributed by atoms with E-state index < -0.39 is 10.0 Å². The maximum absolute atomic E-state index is 12.6. The van der Waals surface area contributed by atoms with Gasteiger partial charge in [-0.15, -0.1) is 11.3 Å². The Balaban J connectivity index is 1.86. The van der Waals surface area contributed by atoms with Crippen LogP contribution in [0.4, 0.5) is 5.69 Å². The first-order chi connectivity index (χ1) is 10.4. The van der Waals surface area contributed by atoms with Crippen molar-refractivity contribution in [1.82, 2.24) is 9.29 Å². The molecule has 8 heteroatoms. The number of nitrogens with zero attached hydrogens (tertiary/aromatic N) is 2. The molecule has 116 valence electrons. The summed E-state index contributed by atoms with van der Waals surface area (Å²) in [4.78, 5) is 15.8. The van der Waals surface area contributed by atoms with Crippen LogP contribution in [0.5, 0.6) is 0 Å². The summed E-state index contributed by atoms with van der Waals surface area (Å²) in [6.45, 7) is 2.11. The second-order valence-electron chi connectivity index (χ2n) is 5.16. The molecule has 0 unspecified atom stereocenters. The molecule has 0 aliphatic carbocycles. The number of anilines is 1. The van der Waals surface area contributed by atoms with E-state index in [1.165, 1.54) is 28.8 Å². The van der Waals surface area contributed by atoms with Gasteiger partial charge in [-0.1, -0.05) is 0 Å². The Bertz CT molecular complexity index is 843. The van der Waals surface area contributed by atoms with Gasteiger partial charge in [-0.25, -0.2) is 13.4 Å². The van der Waals surface area contributed by atoms with E-state index in [9.17, 15) is 13.2 Å². The minimum Gasteiger partial charge on any atom is -0.326 e.